The molecular weight excluding hydrogens is 212 g/mol. The Morgan fingerprint density at radius 1 is 1.18 bits per heavy atom. The van der Waals surface area contributed by atoms with Crippen LogP contribution in [0.1, 0.15) is 53.4 Å². The van der Waals surface area contributed by atoms with Crippen molar-refractivity contribution >= 4 is 5.97 Å². The van der Waals surface area contributed by atoms with Gasteiger partial charge in [-0.3, -0.25) is 4.79 Å². The Bertz CT molecular complexity index is 275. The molecule has 1 N–H and O–H groups in total. The van der Waals surface area contributed by atoms with Gasteiger partial charge in [0.05, 0.1) is 5.41 Å². The molecule has 0 spiro atoms. The fourth-order valence-electron chi connectivity index (χ4n) is 1.51. The molecule has 0 saturated carbocycles. The number of carbonyl (C=O) groups is 1. The standard InChI is InChI=1S/C15H26O2/c1-5-6-7-8-9-10-11-12-13(2)15(3,4)14(16)17/h5-6,9-10,13H,7-8,11-12H2,1-4H3,(H,16,17)/b6-5+,10-9+. The van der Waals surface area contributed by atoms with E-state index in [1.807, 2.05) is 13.8 Å². The maximum absolute atomic E-state index is 11.0. The summed E-state index contributed by atoms with van der Waals surface area (Å²) in [6, 6.07) is 0. The molecule has 0 amide bonds. The van der Waals surface area contributed by atoms with Crippen LogP contribution in [0.3, 0.4) is 0 Å². The van der Waals surface area contributed by atoms with Crippen molar-refractivity contribution in [3.8, 4) is 0 Å². The largest absolute Gasteiger partial charge is 0.481 e. The third-order valence-electron chi connectivity index (χ3n) is 3.45. The van der Waals surface area contributed by atoms with E-state index < -0.39 is 11.4 Å². The zero-order chi connectivity index (χ0) is 13.3. The number of allylic oxidation sites excluding steroid dienone is 4. The number of rotatable bonds is 8. The van der Waals surface area contributed by atoms with E-state index in [1.165, 1.54) is 0 Å². The second kappa shape index (κ2) is 8.10. The molecule has 0 aliphatic carbocycles. The topological polar surface area (TPSA) is 37.3 Å². The average molecular weight is 238 g/mol. The van der Waals surface area contributed by atoms with E-state index in [1.54, 1.807) is 13.8 Å². The van der Waals surface area contributed by atoms with Crippen molar-refractivity contribution in [2.45, 2.75) is 53.4 Å². The molecule has 2 nitrogen and oxygen atoms in total. The second-order valence-corrected chi connectivity index (χ2v) is 5.12. The third-order valence-corrected chi connectivity index (χ3v) is 3.45. The summed E-state index contributed by atoms with van der Waals surface area (Å²) in [6.45, 7) is 7.65. The zero-order valence-corrected chi connectivity index (χ0v) is 11.6. The summed E-state index contributed by atoms with van der Waals surface area (Å²) in [5.74, 6) is -0.512. The molecule has 0 saturated heterocycles. The Morgan fingerprint density at radius 2 is 1.71 bits per heavy atom. The zero-order valence-electron chi connectivity index (χ0n) is 11.6. The van der Waals surface area contributed by atoms with Crippen LogP contribution in [0.2, 0.25) is 0 Å². The fourth-order valence-corrected chi connectivity index (χ4v) is 1.51. The van der Waals surface area contributed by atoms with Crippen molar-refractivity contribution in [1.82, 2.24) is 0 Å². The lowest BCUT2D eigenvalue weighted by atomic mass is 9.77. The average Bonchev–Trinajstić information content (AvgIpc) is 2.27. The lowest BCUT2D eigenvalue weighted by molar-refractivity contribution is -0.149. The van der Waals surface area contributed by atoms with E-state index in [9.17, 15) is 4.79 Å². The van der Waals surface area contributed by atoms with E-state index in [0.29, 0.717) is 0 Å². The van der Waals surface area contributed by atoms with Gasteiger partial charge in [0.15, 0.2) is 0 Å². The van der Waals surface area contributed by atoms with E-state index in [2.05, 4.69) is 24.3 Å². The summed E-state index contributed by atoms with van der Waals surface area (Å²) in [4.78, 5) is 11.0. The quantitative estimate of drug-likeness (QED) is 0.502. The Balaban J connectivity index is 3.85. The van der Waals surface area contributed by atoms with Crippen LogP contribution in [0.15, 0.2) is 24.3 Å². The van der Waals surface area contributed by atoms with Gasteiger partial charge in [0, 0.05) is 0 Å². The first-order valence-electron chi connectivity index (χ1n) is 6.42. The first kappa shape index (κ1) is 16.0. The van der Waals surface area contributed by atoms with Gasteiger partial charge in [0.1, 0.15) is 0 Å². The highest BCUT2D eigenvalue weighted by Crippen LogP contribution is 2.30. The molecule has 0 aromatic carbocycles. The fraction of sp³-hybridized carbons (Fsp3) is 0.667. The molecule has 0 aliphatic rings. The van der Waals surface area contributed by atoms with Crippen LogP contribution in [0, 0.1) is 11.3 Å². The maximum atomic E-state index is 11.0. The minimum Gasteiger partial charge on any atom is -0.481 e. The molecule has 0 rings (SSSR count). The van der Waals surface area contributed by atoms with Crippen LogP contribution in [0.5, 0.6) is 0 Å². The second-order valence-electron chi connectivity index (χ2n) is 5.12. The van der Waals surface area contributed by atoms with Gasteiger partial charge in [-0.2, -0.15) is 0 Å². The summed E-state index contributed by atoms with van der Waals surface area (Å²) in [6.07, 6.45) is 12.6. The molecule has 0 aromatic rings. The van der Waals surface area contributed by atoms with Crippen molar-refractivity contribution in [3.63, 3.8) is 0 Å². The van der Waals surface area contributed by atoms with Crippen molar-refractivity contribution in [2.24, 2.45) is 11.3 Å². The Labute approximate surface area is 105 Å². The van der Waals surface area contributed by atoms with E-state index in [4.69, 9.17) is 5.11 Å². The first-order chi connectivity index (χ1) is 7.92. The predicted octanol–water partition coefficient (Wildman–Crippen LogP) is 4.43. The monoisotopic (exact) mass is 238 g/mol. The van der Waals surface area contributed by atoms with Gasteiger partial charge in [0.2, 0.25) is 0 Å². The van der Waals surface area contributed by atoms with E-state index in [-0.39, 0.29) is 5.92 Å². The molecular formula is C15H26O2. The van der Waals surface area contributed by atoms with Gasteiger partial charge >= 0.3 is 5.97 Å². The molecule has 0 heterocycles. The smallest absolute Gasteiger partial charge is 0.309 e. The lowest BCUT2D eigenvalue weighted by Gasteiger charge is -2.26. The number of hydrogen-bond acceptors (Lipinski definition) is 1. The van der Waals surface area contributed by atoms with Crippen LogP contribution in [-0.2, 0) is 4.79 Å². The molecule has 0 radical (unpaired) electrons. The van der Waals surface area contributed by atoms with Crippen LogP contribution in [0.4, 0.5) is 0 Å². The van der Waals surface area contributed by atoms with Crippen molar-refractivity contribution in [1.29, 1.82) is 0 Å². The molecule has 1 atom stereocenters. The highest BCUT2D eigenvalue weighted by atomic mass is 16.4. The van der Waals surface area contributed by atoms with E-state index >= 15 is 0 Å². The SMILES string of the molecule is C/C=C/CC/C=C/CCC(C)C(C)(C)C(=O)O. The summed E-state index contributed by atoms with van der Waals surface area (Å²) in [5, 5.41) is 9.09. The summed E-state index contributed by atoms with van der Waals surface area (Å²) >= 11 is 0. The number of carboxylic acid groups (broad SMARTS) is 1. The molecule has 17 heavy (non-hydrogen) atoms. The highest BCUT2D eigenvalue weighted by Gasteiger charge is 2.32. The van der Waals surface area contributed by atoms with Gasteiger partial charge in [-0.1, -0.05) is 31.2 Å². The molecule has 2 heteroatoms. The Kier molecular flexibility index (Phi) is 7.60. The number of unbranched alkanes of at least 4 members (excludes halogenated alkanes) is 1. The normalized spacial score (nSPS) is 14.6. The van der Waals surface area contributed by atoms with Gasteiger partial charge < -0.3 is 5.11 Å². The van der Waals surface area contributed by atoms with Crippen molar-refractivity contribution in [3.05, 3.63) is 24.3 Å². The van der Waals surface area contributed by atoms with Crippen LogP contribution >= 0.6 is 0 Å². The van der Waals surface area contributed by atoms with Gasteiger partial charge in [0.25, 0.3) is 0 Å². The minimum absolute atomic E-state index is 0.195. The highest BCUT2D eigenvalue weighted by molar-refractivity contribution is 5.73. The van der Waals surface area contributed by atoms with Crippen molar-refractivity contribution in [2.75, 3.05) is 0 Å². The third kappa shape index (κ3) is 6.30. The molecule has 98 valence electrons. The summed E-state index contributed by atoms with van der Waals surface area (Å²) in [7, 11) is 0. The maximum Gasteiger partial charge on any atom is 0.309 e. The lowest BCUT2D eigenvalue weighted by Crippen LogP contribution is -2.31. The van der Waals surface area contributed by atoms with Crippen LogP contribution in [0.25, 0.3) is 0 Å². The molecule has 0 bridgehead atoms. The van der Waals surface area contributed by atoms with Gasteiger partial charge in [-0.25, -0.2) is 0 Å². The van der Waals surface area contributed by atoms with E-state index in [0.717, 1.165) is 25.7 Å². The van der Waals surface area contributed by atoms with Gasteiger partial charge in [-0.15, -0.1) is 0 Å². The minimum atomic E-state index is -0.706. The summed E-state index contributed by atoms with van der Waals surface area (Å²) < 4.78 is 0. The molecule has 0 fully saturated rings. The Morgan fingerprint density at radius 3 is 2.24 bits per heavy atom. The molecule has 0 aromatic heterocycles. The first-order valence-corrected chi connectivity index (χ1v) is 6.42. The number of hydrogen-bond donors (Lipinski definition) is 1. The number of aliphatic carboxylic acids is 1. The number of carboxylic acids is 1. The van der Waals surface area contributed by atoms with Gasteiger partial charge in [-0.05, 0) is 52.4 Å². The van der Waals surface area contributed by atoms with Crippen molar-refractivity contribution < 1.29 is 9.90 Å². The molecule has 0 aliphatic heterocycles. The predicted molar refractivity (Wildman–Crippen MR) is 73.0 cm³/mol. The van der Waals surface area contributed by atoms with Crippen LogP contribution < -0.4 is 0 Å². The Hall–Kier alpha value is -1.05. The summed E-state index contributed by atoms with van der Waals surface area (Å²) in [5.41, 5.74) is -0.626. The molecule has 1 unspecified atom stereocenters. The van der Waals surface area contributed by atoms with Crippen LogP contribution in [-0.4, -0.2) is 11.1 Å².